The van der Waals surface area contributed by atoms with E-state index in [9.17, 15) is 4.79 Å². The van der Waals surface area contributed by atoms with Gasteiger partial charge in [0.15, 0.2) is 6.61 Å². The number of amides is 1. The molecule has 1 amide bonds. The van der Waals surface area contributed by atoms with E-state index in [0.29, 0.717) is 5.75 Å². The third-order valence-corrected chi connectivity index (χ3v) is 4.20. The molecule has 0 radical (unpaired) electrons. The fourth-order valence-electron chi connectivity index (χ4n) is 3.02. The van der Waals surface area contributed by atoms with Gasteiger partial charge in [0.05, 0.1) is 17.1 Å². The van der Waals surface area contributed by atoms with E-state index < -0.39 is 0 Å². The number of nitrogens with zero attached hydrogens (tertiary/aromatic N) is 1. The van der Waals surface area contributed by atoms with Gasteiger partial charge in [-0.05, 0) is 24.8 Å². The van der Waals surface area contributed by atoms with Crippen LogP contribution < -0.4 is 20.7 Å². The highest BCUT2D eigenvalue weighted by atomic mass is 16.5. The van der Waals surface area contributed by atoms with Crippen molar-refractivity contribution in [3.8, 4) is 5.75 Å². The summed E-state index contributed by atoms with van der Waals surface area (Å²) in [4.78, 5) is 13.7. The van der Waals surface area contributed by atoms with Gasteiger partial charge in [0.2, 0.25) is 0 Å². The van der Waals surface area contributed by atoms with Gasteiger partial charge in [-0.25, -0.2) is 0 Å². The van der Waals surface area contributed by atoms with Crippen molar-refractivity contribution in [3.05, 3.63) is 12.1 Å². The normalized spacial score (nSPS) is 21.9. The Hall–Kier alpha value is -1.91. The average molecular weight is 275 g/mol. The molecule has 0 spiro atoms. The van der Waals surface area contributed by atoms with Crippen molar-refractivity contribution in [2.24, 2.45) is 5.92 Å². The van der Waals surface area contributed by atoms with Gasteiger partial charge >= 0.3 is 0 Å². The predicted octanol–water partition coefficient (Wildman–Crippen LogP) is 2.23. The van der Waals surface area contributed by atoms with Crippen LogP contribution in [0.15, 0.2) is 12.1 Å². The minimum Gasteiger partial charge on any atom is -0.482 e. The van der Waals surface area contributed by atoms with Crippen molar-refractivity contribution in [2.75, 3.05) is 35.6 Å². The van der Waals surface area contributed by atoms with Crippen molar-refractivity contribution < 1.29 is 9.53 Å². The second-order valence-corrected chi connectivity index (χ2v) is 5.61. The fraction of sp³-hybridized carbons (Fsp3) is 0.533. The van der Waals surface area contributed by atoms with E-state index >= 15 is 0 Å². The lowest BCUT2D eigenvalue weighted by Gasteiger charge is -2.35. The van der Waals surface area contributed by atoms with Gasteiger partial charge in [-0.3, -0.25) is 4.79 Å². The third-order valence-electron chi connectivity index (χ3n) is 4.20. The number of ether oxygens (including phenoxy) is 1. The molecule has 0 saturated carbocycles. The Bertz CT molecular complexity index is 530. The minimum atomic E-state index is -0.113. The molecule has 2 aliphatic rings. The smallest absolute Gasteiger partial charge is 0.262 e. The summed E-state index contributed by atoms with van der Waals surface area (Å²) >= 11 is 0. The van der Waals surface area contributed by atoms with Crippen LogP contribution in [0.4, 0.5) is 17.1 Å². The maximum Gasteiger partial charge on any atom is 0.262 e. The topological polar surface area (TPSA) is 67.6 Å². The lowest BCUT2D eigenvalue weighted by atomic mass is 9.95. The third kappa shape index (κ3) is 2.40. The van der Waals surface area contributed by atoms with Crippen LogP contribution in [0.1, 0.15) is 26.2 Å². The SMILES string of the molecule is CCC1CCCN(c2cc3c(cc2N)OCC(=O)N3)C1. The van der Waals surface area contributed by atoms with Crippen LogP contribution in [0.25, 0.3) is 0 Å². The molecule has 3 rings (SSSR count). The number of fused-ring (bicyclic) bond motifs is 1. The Morgan fingerprint density at radius 3 is 3.15 bits per heavy atom. The number of hydrogen-bond donors (Lipinski definition) is 2. The molecular weight excluding hydrogens is 254 g/mol. The molecule has 2 aliphatic heterocycles. The maximum absolute atomic E-state index is 11.4. The van der Waals surface area contributed by atoms with Crippen LogP contribution in [0.2, 0.25) is 0 Å². The lowest BCUT2D eigenvalue weighted by molar-refractivity contribution is -0.118. The molecule has 5 heteroatoms. The molecule has 20 heavy (non-hydrogen) atoms. The number of nitrogens with two attached hydrogens (primary N) is 1. The number of rotatable bonds is 2. The summed E-state index contributed by atoms with van der Waals surface area (Å²) in [5.41, 5.74) is 8.61. The van der Waals surface area contributed by atoms with Crippen LogP contribution in [0.5, 0.6) is 5.75 Å². The zero-order valence-electron chi connectivity index (χ0n) is 11.8. The number of carbonyl (C=O) groups excluding carboxylic acids is 1. The zero-order chi connectivity index (χ0) is 14.1. The van der Waals surface area contributed by atoms with E-state index in [1.54, 1.807) is 0 Å². The second kappa shape index (κ2) is 5.23. The molecule has 0 aromatic heterocycles. The Balaban J connectivity index is 1.89. The Kier molecular flexibility index (Phi) is 3.42. The zero-order valence-corrected chi connectivity index (χ0v) is 11.8. The quantitative estimate of drug-likeness (QED) is 0.812. The number of carbonyl (C=O) groups is 1. The summed E-state index contributed by atoms with van der Waals surface area (Å²) < 4.78 is 5.39. The molecule has 0 aliphatic carbocycles. The number of nitrogen functional groups attached to an aromatic ring is 1. The number of piperidine rings is 1. The molecule has 108 valence electrons. The van der Waals surface area contributed by atoms with Crippen LogP contribution >= 0.6 is 0 Å². The molecular formula is C15H21N3O2. The first-order chi connectivity index (χ1) is 9.67. The highest BCUT2D eigenvalue weighted by Gasteiger charge is 2.23. The van der Waals surface area contributed by atoms with Gasteiger partial charge in [-0.2, -0.15) is 0 Å². The largest absolute Gasteiger partial charge is 0.482 e. The van der Waals surface area contributed by atoms with Gasteiger partial charge in [0.1, 0.15) is 5.75 Å². The predicted molar refractivity (Wildman–Crippen MR) is 80.2 cm³/mol. The summed E-state index contributed by atoms with van der Waals surface area (Å²) in [7, 11) is 0. The molecule has 1 atom stereocenters. The summed E-state index contributed by atoms with van der Waals surface area (Å²) in [6, 6.07) is 3.76. The van der Waals surface area contributed by atoms with Crippen molar-refractivity contribution in [1.29, 1.82) is 0 Å². The first kappa shape index (κ1) is 13.1. The molecule has 1 aromatic carbocycles. The Morgan fingerprint density at radius 2 is 2.35 bits per heavy atom. The number of anilines is 3. The fourth-order valence-corrected chi connectivity index (χ4v) is 3.02. The summed E-state index contributed by atoms with van der Waals surface area (Å²) in [6.45, 7) is 4.36. The highest BCUT2D eigenvalue weighted by molar-refractivity contribution is 5.97. The van der Waals surface area contributed by atoms with Gasteiger partial charge in [0.25, 0.3) is 5.91 Å². The van der Waals surface area contributed by atoms with Gasteiger partial charge in [-0.1, -0.05) is 13.3 Å². The first-order valence-electron chi connectivity index (χ1n) is 7.28. The molecule has 1 fully saturated rings. The van der Waals surface area contributed by atoms with Crippen LogP contribution in [0, 0.1) is 5.92 Å². The van der Waals surface area contributed by atoms with Crippen molar-refractivity contribution in [2.45, 2.75) is 26.2 Å². The molecule has 2 heterocycles. The first-order valence-corrected chi connectivity index (χ1v) is 7.28. The van der Waals surface area contributed by atoms with Crippen molar-refractivity contribution >= 4 is 23.0 Å². The van der Waals surface area contributed by atoms with E-state index in [1.165, 1.54) is 19.3 Å². The van der Waals surface area contributed by atoms with Crippen LogP contribution in [0.3, 0.4) is 0 Å². The lowest BCUT2D eigenvalue weighted by Crippen LogP contribution is -2.36. The average Bonchev–Trinajstić information content (AvgIpc) is 2.47. The van der Waals surface area contributed by atoms with E-state index in [-0.39, 0.29) is 12.5 Å². The second-order valence-electron chi connectivity index (χ2n) is 5.61. The van der Waals surface area contributed by atoms with E-state index in [4.69, 9.17) is 10.5 Å². The van der Waals surface area contributed by atoms with Crippen molar-refractivity contribution in [1.82, 2.24) is 0 Å². The minimum absolute atomic E-state index is 0.0629. The molecule has 0 bridgehead atoms. The van der Waals surface area contributed by atoms with Crippen LogP contribution in [-0.4, -0.2) is 25.6 Å². The standard InChI is InChI=1S/C15H21N3O2/c1-2-10-4-3-5-18(8-10)13-7-12-14(6-11(13)16)20-9-15(19)17-12/h6-7,10H,2-5,8-9,16H2,1H3,(H,17,19). The monoisotopic (exact) mass is 275 g/mol. The van der Waals surface area contributed by atoms with Gasteiger partial charge in [-0.15, -0.1) is 0 Å². The van der Waals surface area contributed by atoms with Crippen molar-refractivity contribution in [3.63, 3.8) is 0 Å². The summed E-state index contributed by atoms with van der Waals surface area (Å²) in [5, 5.41) is 2.85. The maximum atomic E-state index is 11.4. The number of benzene rings is 1. The highest BCUT2D eigenvalue weighted by Crippen LogP contribution is 2.38. The van der Waals surface area contributed by atoms with Gasteiger partial charge in [0, 0.05) is 19.2 Å². The van der Waals surface area contributed by atoms with E-state index in [1.807, 2.05) is 12.1 Å². The van der Waals surface area contributed by atoms with Gasteiger partial charge < -0.3 is 20.7 Å². The number of nitrogens with one attached hydrogen (secondary N) is 1. The molecule has 5 nitrogen and oxygen atoms in total. The van der Waals surface area contributed by atoms with E-state index in [2.05, 4.69) is 17.1 Å². The Morgan fingerprint density at radius 1 is 1.50 bits per heavy atom. The molecule has 1 saturated heterocycles. The number of hydrogen-bond acceptors (Lipinski definition) is 4. The Labute approximate surface area is 119 Å². The summed E-state index contributed by atoms with van der Waals surface area (Å²) in [5.74, 6) is 1.28. The van der Waals surface area contributed by atoms with E-state index in [0.717, 1.165) is 36.1 Å². The molecule has 1 aromatic rings. The molecule has 1 unspecified atom stereocenters. The molecule has 3 N–H and O–H groups in total. The summed E-state index contributed by atoms with van der Waals surface area (Å²) in [6.07, 6.45) is 3.68. The van der Waals surface area contributed by atoms with Crippen LogP contribution in [-0.2, 0) is 4.79 Å².